The molecule has 8 heteroatoms. The molecule has 0 bridgehead atoms. The first-order valence-corrected chi connectivity index (χ1v) is 11.7. The molecule has 0 spiro atoms. The van der Waals surface area contributed by atoms with Gasteiger partial charge in [-0.2, -0.15) is 0 Å². The van der Waals surface area contributed by atoms with E-state index in [1.54, 1.807) is 11.7 Å². The predicted octanol–water partition coefficient (Wildman–Crippen LogP) is 3.73. The van der Waals surface area contributed by atoms with Crippen LogP contribution >= 0.6 is 11.3 Å². The van der Waals surface area contributed by atoms with Crippen LogP contribution in [0.1, 0.15) is 29.3 Å². The quantitative estimate of drug-likeness (QED) is 0.399. The van der Waals surface area contributed by atoms with Crippen molar-refractivity contribution >= 4 is 23.3 Å². The van der Waals surface area contributed by atoms with Crippen molar-refractivity contribution in [1.29, 1.82) is 0 Å². The molecule has 0 saturated carbocycles. The minimum absolute atomic E-state index is 0.137. The van der Waals surface area contributed by atoms with Gasteiger partial charge in [-0.25, -0.2) is 4.79 Å². The van der Waals surface area contributed by atoms with E-state index < -0.39 is 18.2 Å². The minimum Gasteiger partial charge on any atom is -0.465 e. The number of aromatic nitrogens is 1. The average Bonchev–Trinajstić information content (AvgIpc) is 3.30. The van der Waals surface area contributed by atoms with Crippen LogP contribution in [0.5, 0.6) is 0 Å². The second-order valence-corrected chi connectivity index (χ2v) is 9.00. The molecule has 0 unspecified atom stereocenters. The molecule has 3 N–H and O–H groups in total. The number of aliphatic hydroxyl groups is 1. The molecular formula is C25H29N3O4S. The standard InChI is InChI=1S/C25H29N3O4S/c1-18(29)27-21(12-19-8-4-2-5-9-19)14-24(30)23(13-20-10-6-3-7-11-20)28(25(31)32)16-22-15-26-17-33-22/h2-11,15,17,21,23-24,30H,12-14,16H2,1H3,(H,27,29)(H,31,32)/t21-,23-,24-/m0/s1. The number of benzene rings is 2. The molecule has 0 aliphatic heterocycles. The molecule has 0 aliphatic rings. The van der Waals surface area contributed by atoms with E-state index in [1.165, 1.54) is 23.2 Å². The molecule has 1 heterocycles. The Morgan fingerprint density at radius 2 is 1.64 bits per heavy atom. The van der Waals surface area contributed by atoms with Gasteiger partial charge in [0.2, 0.25) is 5.91 Å². The summed E-state index contributed by atoms with van der Waals surface area (Å²) in [5.74, 6) is -0.192. The first-order valence-electron chi connectivity index (χ1n) is 10.8. The van der Waals surface area contributed by atoms with Crippen molar-refractivity contribution in [3.63, 3.8) is 0 Å². The Hall–Kier alpha value is -3.23. The number of rotatable bonds is 11. The van der Waals surface area contributed by atoms with Gasteiger partial charge in [-0.3, -0.25) is 14.7 Å². The van der Waals surface area contributed by atoms with Gasteiger partial charge in [0.1, 0.15) is 0 Å². The Bertz CT molecular complexity index is 999. The van der Waals surface area contributed by atoms with Crippen LogP contribution in [0.3, 0.4) is 0 Å². The molecule has 0 radical (unpaired) electrons. The predicted molar refractivity (Wildman–Crippen MR) is 128 cm³/mol. The Labute approximate surface area is 197 Å². The lowest BCUT2D eigenvalue weighted by molar-refractivity contribution is -0.119. The van der Waals surface area contributed by atoms with E-state index in [4.69, 9.17) is 0 Å². The van der Waals surface area contributed by atoms with Gasteiger partial charge in [-0.05, 0) is 30.4 Å². The Balaban J connectivity index is 1.84. The summed E-state index contributed by atoms with van der Waals surface area (Å²) in [6, 6.07) is 18.2. The number of hydrogen-bond donors (Lipinski definition) is 3. The van der Waals surface area contributed by atoms with E-state index in [2.05, 4.69) is 10.3 Å². The van der Waals surface area contributed by atoms with E-state index in [-0.39, 0.29) is 24.9 Å². The van der Waals surface area contributed by atoms with E-state index in [0.29, 0.717) is 12.8 Å². The van der Waals surface area contributed by atoms with Crippen molar-refractivity contribution < 1.29 is 19.8 Å². The molecule has 3 atom stereocenters. The molecule has 0 saturated heterocycles. The first kappa shape index (κ1) is 24.4. The largest absolute Gasteiger partial charge is 0.465 e. The third kappa shape index (κ3) is 7.69. The zero-order valence-corrected chi connectivity index (χ0v) is 19.3. The maximum absolute atomic E-state index is 12.2. The highest BCUT2D eigenvalue weighted by atomic mass is 32.1. The molecule has 1 aromatic heterocycles. The summed E-state index contributed by atoms with van der Waals surface area (Å²) in [5.41, 5.74) is 3.61. The lowest BCUT2D eigenvalue weighted by Crippen LogP contribution is -2.50. The normalized spacial score (nSPS) is 13.6. The molecule has 2 aromatic carbocycles. The van der Waals surface area contributed by atoms with Gasteiger partial charge in [-0.1, -0.05) is 60.7 Å². The Kier molecular flexibility index (Phi) is 8.97. The van der Waals surface area contributed by atoms with Gasteiger partial charge in [0.05, 0.1) is 24.2 Å². The van der Waals surface area contributed by atoms with Crippen molar-refractivity contribution in [2.24, 2.45) is 0 Å². The highest BCUT2D eigenvalue weighted by Gasteiger charge is 2.32. The zero-order chi connectivity index (χ0) is 23.6. The number of carbonyl (C=O) groups is 2. The van der Waals surface area contributed by atoms with Crippen LogP contribution in [0.25, 0.3) is 0 Å². The summed E-state index contributed by atoms with van der Waals surface area (Å²) >= 11 is 1.37. The van der Waals surface area contributed by atoms with Gasteiger partial charge in [0, 0.05) is 24.0 Å². The molecule has 0 fully saturated rings. The van der Waals surface area contributed by atoms with Crippen LogP contribution in [-0.2, 0) is 24.2 Å². The van der Waals surface area contributed by atoms with E-state index >= 15 is 0 Å². The van der Waals surface area contributed by atoms with Crippen LogP contribution in [0.4, 0.5) is 4.79 Å². The summed E-state index contributed by atoms with van der Waals surface area (Å²) in [7, 11) is 0. The second kappa shape index (κ2) is 12.1. The van der Waals surface area contributed by atoms with Gasteiger partial charge in [-0.15, -0.1) is 11.3 Å². The number of carbonyl (C=O) groups excluding carboxylic acids is 1. The number of nitrogens with one attached hydrogen (secondary N) is 1. The third-order valence-corrected chi connectivity index (χ3v) is 6.21. The van der Waals surface area contributed by atoms with Gasteiger partial charge in [0.15, 0.2) is 0 Å². The fraction of sp³-hybridized carbons (Fsp3) is 0.320. The molecule has 174 valence electrons. The van der Waals surface area contributed by atoms with Crippen LogP contribution in [0.2, 0.25) is 0 Å². The van der Waals surface area contributed by atoms with Crippen molar-refractivity contribution in [1.82, 2.24) is 15.2 Å². The fourth-order valence-corrected chi connectivity index (χ4v) is 4.54. The van der Waals surface area contributed by atoms with Crippen molar-refractivity contribution in [3.8, 4) is 0 Å². The van der Waals surface area contributed by atoms with Crippen LogP contribution in [0, 0.1) is 0 Å². The molecule has 2 amide bonds. The van der Waals surface area contributed by atoms with Gasteiger partial charge < -0.3 is 15.5 Å². The lowest BCUT2D eigenvalue weighted by Gasteiger charge is -2.34. The number of nitrogens with zero attached hydrogens (tertiary/aromatic N) is 2. The van der Waals surface area contributed by atoms with Crippen molar-refractivity contribution in [2.75, 3.05) is 0 Å². The lowest BCUT2D eigenvalue weighted by atomic mass is 9.92. The maximum atomic E-state index is 12.2. The van der Waals surface area contributed by atoms with E-state index in [9.17, 15) is 19.8 Å². The van der Waals surface area contributed by atoms with Crippen LogP contribution in [-0.4, -0.2) is 50.3 Å². The molecule has 3 aromatic rings. The smallest absolute Gasteiger partial charge is 0.407 e. The third-order valence-electron chi connectivity index (χ3n) is 5.45. The van der Waals surface area contributed by atoms with Crippen molar-refractivity contribution in [2.45, 2.75) is 50.9 Å². The SMILES string of the molecule is CC(=O)N[C@@H](Cc1ccccc1)C[C@H](O)[C@H](Cc1ccccc1)N(Cc1cncs1)C(=O)O. The molecular weight excluding hydrogens is 438 g/mol. The highest BCUT2D eigenvalue weighted by Crippen LogP contribution is 2.21. The van der Waals surface area contributed by atoms with E-state index in [0.717, 1.165) is 16.0 Å². The number of aliphatic hydroxyl groups excluding tert-OH is 1. The highest BCUT2D eigenvalue weighted by molar-refractivity contribution is 7.09. The minimum atomic E-state index is -1.11. The number of carboxylic acid groups (broad SMARTS) is 1. The summed E-state index contributed by atoms with van der Waals surface area (Å²) in [4.78, 5) is 30.2. The van der Waals surface area contributed by atoms with Gasteiger partial charge in [0.25, 0.3) is 0 Å². The topological polar surface area (TPSA) is 103 Å². The number of hydrogen-bond acceptors (Lipinski definition) is 5. The maximum Gasteiger partial charge on any atom is 0.407 e. The number of thiazole rings is 1. The van der Waals surface area contributed by atoms with E-state index in [1.807, 2.05) is 60.7 Å². The molecule has 33 heavy (non-hydrogen) atoms. The summed E-state index contributed by atoms with van der Waals surface area (Å²) in [5, 5.41) is 24.2. The fourth-order valence-electron chi connectivity index (χ4n) is 3.95. The number of amides is 2. The van der Waals surface area contributed by atoms with Crippen LogP contribution in [0.15, 0.2) is 72.4 Å². The Morgan fingerprint density at radius 1 is 1.03 bits per heavy atom. The monoisotopic (exact) mass is 467 g/mol. The first-order chi connectivity index (χ1) is 15.9. The molecule has 3 rings (SSSR count). The average molecular weight is 468 g/mol. The molecule has 7 nitrogen and oxygen atoms in total. The van der Waals surface area contributed by atoms with Crippen LogP contribution < -0.4 is 5.32 Å². The molecule has 0 aliphatic carbocycles. The second-order valence-electron chi connectivity index (χ2n) is 8.03. The zero-order valence-electron chi connectivity index (χ0n) is 18.5. The Morgan fingerprint density at radius 3 is 2.15 bits per heavy atom. The summed E-state index contributed by atoms with van der Waals surface area (Å²) in [6.45, 7) is 1.58. The van der Waals surface area contributed by atoms with Crippen molar-refractivity contribution in [3.05, 3.63) is 88.4 Å². The van der Waals surface area contributed by atoms with Gasteiger partial charge >= 0.3 is 6.09 Å². The summed E-state index contributed by atoms with van der Waals surface area (Å²) < 4.78 is 0. The summed E-state index contributed by atoms with van der Waals surface area (Å²) in [6.07, 6.45) is 0.653.